The van der Waals surface area contributed by atoms with Crippen molar-refractivity contribution < 1.29 is 9.90 Å². The number of hydrogen-bond acceptors (Lipinski definition) is 2. The minimum absolute atomic E-state index is 0.175. The normalized spacial score (nSPS) is 17.9. The van der Waals surface area contributed by atoms with E-state index in [9.17, 15) is 4.79 Å². The maximum atomic E-state index is 12.4. The molecule has 1 rings (SSSR count). The third-order valence-electron chi connectivity index (χ3n) is 3.88. The fraction of sp³-hybridized carbons (Fsp3) is 0.938. The van der Waals surface area contributed by atoms with Gasteiger partial charge in [0.25, 0.3) is 0 Å². The lowest BCUT2D eigenvalue weighted by Gasteiger charge is -2.38. The molecule has 0 aromatic heterocycles. The lowest BCUT2D eigenvalue weighted by Crippen LogP contribution is -2.45. The predicted molar refractivity (Wildman–Crippen MR) is 78.9 cm³/mol. The molecule has 0 spiro atoms. The van der Waals surface area contributed by atoms with E-state index in [2.05, 4.69) is 27.7 Å². The van der Waals surface area contributed by atoms with Gasteiger partial charge in [-0.05, 0) is 43.4 Å². The van der Waals surface area contributed by atoms with Crippen molar-refractivity contribution in [3.63, 3.8) is 0 Å². The molecular formula is C16H31NO2. The highest BCUT2D eigenvalue weighted by Crippen LogP contribution is 2.29. The van der Waals surface area contributed by atoms with Crippen molar-refractivity contribution in [2.75, 3.05) is 13.2 Å². The maximum Gasteiger partial charge on any atom is 0.223 e. The average molecular weight is 269 g/mol. The highest BCUT2D eigenvalue weighted by Gasteiger charge is 2.29. The number of nitrogens with zero attached hydrogens (tertiary/aromatic N) is 1. The van der Waals surface area contributed by atoms with Crippen LogP contribution in [-0.4, -0.2) is 35.1 Å². The molecule has 0 bridgehead atoms. The van der Waals surface area contributed by atoms with Gasteiger partial charge in [-0.3, -0.25) is 4.79 Å². The Labute approximate surface area is 118 Å². The summed E-state index contributed by atoms with van der Waals surface area (Å²) in [5, 5.41) is 8.97. The van der Waals surface area contributed by atoms with Crippen LogP contribution in [0.25, 0.3) is 0 Å². The molecule has 1 unspecified atom stereocenters. The van der Waals surface area contributed by atoms with E-state index in [1.807, 2.05) is 4.90 Å². The highest BCUT2D eigenvalue weighted by atomic mass is 16.3. The summed E-state index contributed by atoms with van der Waals surface area (Å²) < 4.78 is 0. The zero-order chi connectivity index (χ0) is 14.5. The van der Waals surface area contributed by atoms with Crippen molar-refractivity contribution in [3.05, 3.63) is 0 Å². The molecule has 0 heterocycles. The molecule has 112 valence electrons. The standard InChI is InChI=1S/C16H31NO2/c1-13(12-16(2,3)4)11-15(19)17(9-6-10-18)14-7-5-8-14/h13-14,18H,5-12H2,1-4H3. The fourth-order valence-electron chi connectivity index (χ4n) is 2.98. The van der Waals surface area contributed by atoms with E-state index in [-0.39, 0.29) is 17.9 Å². The summed E-state index contributed by atoms with van der Waals surface area (Å²) in [6, 6.07) is 0.445. The Hall–Kier alpha value is -0.570. The molecule has 0 radical (unpaired) electrons. The minimum atomic E-state index is 0.175. The van der Waals surface area contributed by atoms with Crippen LogP contribution in [0.3, 0.4) is 0 Å². The Morgan fingerprint density at radius 1 is 1.37 bits per heavy atom. The first-order chi connectivity index (χ1) is 8.83. The number of aliphatic hydroxyl groups is 1. The first-order valence-electron chi connectivity index (χ1n) is 7.74. The predicted octanol–water partition coefficient (Wildman–Crippen LogP) is 3.21. The molecular weight excluding hydrogens is 238 g/mol. The summed E-state index contributed by atoms with van der Waals surface area (Å²) in [5.41, 5.74) is 0.284. The SMILES string of the molecule is CC(CC(=O)N(CCCO)C1CCC1)CC(C)(C)C. The second-order valence-electron chi connectivity index (χ2n) is 7.32. The Bertz CT molecular complexity index is 279. The van der Waals surface area contributed by atoms with Crippen molar-refractivity contribution in [3.8, 4) is 0 Å². The van der Waals surface area contributed by atoms with Gasteiger partial charge in [-0.1, -0.05) is 27.7 Å². The summed E-state index contributed by atoms with van der Waals surface area (Å²) in [5.74, 6) is 0.721. The Kier molecular flexibility index (Phi) is 6.31. The van der Waals surface area contributed by atoms with Gasteiger partial charge in [0.15, 0.2) is 0 Å². The summed E-state index contributed by atoms with van der Waals surface area (Å²) in [6.45, 7) is 9.75. The van der Waals surface area contributed by atoms with E-state index < -0.39 is 0 Å². The van der Waals surface area contributed by atoms with Crippen LogP contribution in [0.5, 0.6) is 0 Å². The summed E-state index contributed by atoms with van der Waals surface area (Å²) in [7, 11) is 0. The first kappa shape index (κ1) is 16.5. The van der Waals surface area contributed by atoms with Gasteiger partial charge in [-0.15, -0.1) is 0 Å². The largest absolute Gasteiger partial charge is 0.396 e. The van der Waals surface area contributed by atoms with Gasteiger partial charge in [0.2, 0.25) is 5.91 Å². The zero-order valence-corrected chi connectivity index (χ0v) is 13.1. The molecule has 1 N–H and O–H groups in total. The molecule has 1 atom stereocenters. The zero-order valence-electron chi connectivity index (χ0n) is 13.1. The summed E-state index contributed by atoms with van der Waals surface area (Å²) in [6.07, 6.45) is 5.97. The molecule has 3 heteroatoms. The molecule has 1 saturated carbocycles. The highest BCUT2D eigenvalue weighted by molar-refractivity contribution is 5.76. The molecule has 1 aliphatic carbocycles. The number of aliphatic hydroxyl groups excluding tert-OH is 1. The molecule has 0 aromatic rings. The average Bonchev–Trinajstić information content (AvgIpc) is 2.17. The Morgan fingerprint density at radius 3 is 2.42 bits per heavy atom. The number of rotatable bonds is 7. The molecule has 1 aliphatic rings. The van der Waals surface area contributed by atoms with Crippen molar-refractivity contribution in [1.82, 2.24) is 4.90 Å². The van der Waals surface area contributed by atoms with E-state index in [0.29, 0.717) is 24.8 Å². The number of carbonyl (C=O) groups is 1. The van der Waals surface area contributed by atoms with Gasteiger partial charge < -0.3 is 10.0 Å². The molecule has 0 saturated heterocycles. The van der Waals surface area contributed by atoms with Gasteiger partial charge in [-0.2, -0.15) is 0 Å². The fourth-order valence-corrected chi connectivity index (χ4v) is 2.98. The second-order valence-corrected chi connectivity index (χ2v) is 7.32. The molecule has 19 heavy (non-hydrogen) atoms. The van der Waals surface area contributed by atoms with Gasteiger partial charge in [0.1, 0.15) is 0 Å². The monoisotopic (exact) mass is 269 g/mol. The van der Waals surface area contributed by atoms with Crippen LogP contribution < -0.4 is 0 Å². The van der Waals surface area contributed by atoms with E-state index in [4.69, 9.17) is 5.11 Å². The van der Waals surface area contributed by atoms with Crippen LogP contribution >= 0.6 is 0 Å². The summed E-state index contributed by atoms with van der Waals surface area (Å²) >= 11 is 0. The smallest absolute Gasteiger partial charge is 0.223 e. The van der Waals surface area contributed by atoms with E-state index in [1.54, 1.807) is 0 Å². The van der Waals surface area contributed by atoms with E-state index in [1.165, 1.54) is 6.42 Å². The van der Waals surface area contributed by atoms with Crippen LogP contribution in [0.4, 0.5) is 0 Å². The van der Waals surface area contributed by atoms with Crippen LogP contribution in [0.15, 0.2) is 0 Å². The van der Waals surface area contributed by atoms with Crippen LogP contribution in [0.2, 0.25) is 0 Å². The Morgan fingerprint density at radius 2 is 2.00 bits per heavy atom. The van der Waals surface area contributed by atoms with Crippen molar-refractivity contribution >= 4 is 5.91 Å². The van der Waals surface area contributed by atoms with Gasteiger partial charge in [0.05, 0.1) is 0 Å². The molecule has 1 fully saturated rings. The maximum absolute atomic E-state index is 12.4. The third kappa shape index (κ3) is 5.94. The van der Waals surface area contributed by atoms with Crippen molar-refractivity contribution in [1.29, 1.82) is 0 Å². The van der Waals surface area contributed by atoms with Crippen molar-refractivity contribution in [2.24, 2.45) is 11.3 Å². The third-order valence-corrected chi connectivity index (χ3v) is 3.88. The van der Waals surface area contributed by atoms with Gasteiger partial charge in [-0.25, -0.2) is 0 Å². The van der Waals surface area contributed by atoms with E-state index in [0.717, 1.165) is 25.8 Å². The van der Waals surface area contributed by atoms with Crippen LogP contribution in [0, 0.1) is 11.3 Å². The minimum Gasteiger partial charge on any atom is -0.396 e. The Balaban J connectivity index is 2.46. The number of carbonyl (C=O) groups excluding carboxylic acids is 1. The number of hydrogen-bond donors (Lipinski definition) is 1. The summed E-state index contributed by atoms with van der Waals surface area (Å²) in [4.78, 5) is 14.5. The van der Waals surface area contributed by atoms with Crippen molar-refractivity contribution in [2.45, 2.75) is 72.3 Å². The van der Waals surface area contributed by atoms with Crippen LogP contribution in [0.1, 0.15) is 66.2 Å². The quantitative estimate of drug-likeness (QED) is 0.771. The van der Waals surface area contributed by atoms with Crippen LogP contribution in [-0.2, 0) is 4.79 Å². The molecule has 0 aliphatic heterocycles. The lowest BCUT2D eigenvalue weighted by molar-refractivity contribution is -0.136. The lowest BCUT2D eigenvalue weighted by atomic mass is 9.83. The van der Waals surface area contributed by atoms with E-state index >= 15 is 0 Å². The topological polar surface area (TPSA) is 40.5 Å². The molecule has 3 nitrogen and oxygen atoms in total. The molecule has 0 aromatic carbocycles. The first-order valence-corrected chi connectivity index (χ1v) is 7.74. The van der Waals surface area contributed by atoms with Gasteiger partial charge >= 0.3 is 0 Å². The number of amides is 1. The molecule has 1 amide bonds. The second kappa shape index (κ2) is 7.28. The van der Waals surface area contributed by atoms with Gasteiger partial charge in [0, 0.05) is 25.6 Å².